The van der Waals surface area contributed by atoms with E-state index in [0.29, 0.717) is 17.3 Å². The third kappa shape index (κ3) is 4.85. The summed E-state index contributed by atoms with van der Waals surface area (Å²) in [7, 11) is 4.06. The lowest BCUT2D eigenvalue weighted by Gasteiger charge is -2.10. The van der Waals surface area contributed by atoms with Crippen LogP contribution in [0.5, 0.6) is 0 Å². The number of amides is 1. The predicted molar refractivity (Wildman–Crippen MR) is 96.1 cm³/mol. The Balaban J connectivity index is 2.09. The van der Waals surface area contributed by atoms with Gasteiger partial charge in [0.25, 0.3) is 5.91 Å². The van der Waals surface area contributed by atoms with Crippen LogP contribution in [0.1, 0.15) is 23.8 Å². The fourth-order valence-electron chi connectivity index (χ4n) is 2.45. The number of benzene rings is 1. The quantitative estimate of drug-likeness (QED) is 0.787. The van der Waals surface area contributed by atoms with Crippen LogP contribution in [0.2, 0.25) is 5.02 Å². The van der Waals surface area contributed by atoms with Gasteiger partial charge in [0.15, 0.2) is 0 Å². The van der Waals surface area contributed by atoms with Gasteiger partial charge in [0, 0.05) is 29.9 Å². The van der Waals surface area contributed by atoms with Gasteiger partial charge in [0.1, 0.15) is 5.69 Å². The van der Waals surface area contributed by atoms with Gasteiger partial charge in [-0.05, 0) is 57.7 Å². The lowest BCUT2D eigenvalue weighted by atomic mass is 10.1. The van der Waals surface area contributed by atoms with Gasteiger partial charge in [-0.2, -0.15) is 0 Å². The number of rotatable bonds is 7. The molecule has 0 aliphatic rings. The van der Waals surface area contributed by atoms with Gasteiger partial charge in [-0.1, -0.05) is 23.7 Å². The molecule has 2 rings (SSSR count). The van der Waals surface area contributed by atoms with Crippen LogP contribution >= 0.6 is 11.6 Å². The normalized spacial score (nSPS) is 11.0. The number of hydrogen-bond donors (Lipinski definition) is 1. The summed E-state index contributed by atoms with van der Waals surface area (Å²) < 4.78 is 1.98. The molecule has 0 unspecified atom stereocenters. The highest BCUT2D eigenvalue weighted by atomic mass is 35.5. The van der Waals surface area contributed by atoms with Gasteiger partial charge in [-0.25, -0.2) is 0 Å². The summed E-state index contributed by atoms with van der Waals surface area (Å²) in [6.07, 6.45) is 2.95. The molecule has 0 aliphatic carbocycles. The molecule has 0 aliphatic heterocycles. The molecule has 124 valence electrons. The minimum atomic E-state index is -0.0224. The molecular formula is C18H24ClN3O. The maximum atomic E-state index is 12.4. The highest BCUT2D eigenvalue weighted by Crippen LogP contribution is 2.24. The Morgan fingerprint density at radius 2 is 1.91 bits per heavy atom. The van der Waals surface area contributed by atoms with Crippen molar-refractivity contribution in [3.63, 3.8) is 0 Å². The van der Waals surface area contributed by atoms with Crippen molar-refractivity contribution in [3.05, 3.63) is 47.2 Å². The molecule has 0 fully saturated rings. The van der Waals surface area contributed by atoms with Crippen LogP contribution < -0.4 is 5.32 Å². The zero-order valence-corrected chi connectivity index (χ0v) is 14.7. The molecule has 0 atom stereocenters. The molecule has 2 aromatic rings. The van der Waals surface area contributed by atoms with Gasteiger partial charge in [0.2, 0.25) is 0 Å². The minimum Gasteiger partial charge on any atom is -0.351 e. The molecule has 23 heavy (non-hydrogen) atoms. The van der Waals surface area contributed by atoms with Crippen LogP contribution in [0.15, 0.2) is 36.5 Å². The summed E-state index contributed by atoms with van der Waals surface area (Å²) >= 11 is 5.93. The molecule has 0 spiro atoms. The van der Waals surface area contributed by atoms with E-state index < -0.39 is 0 Å². The molecule has 1 aromatic heterocycles. The first kappa shape index (κ1) is 17.6. The number of aryl methyl sites for hydroxylation is 1. The summed E-state index contributed by atoms with van der Waals surface area (Å²) in [5, 5.41) is 3.71. The topological polar surface area (TPSA) is 37.3 Å². The number of carbonyl (C=O) groups excluding carboxylic acids is 1. The number of hydrogen-bond acceptors (Lipinski definition) is 2. The molecule has 5 heteroatoms. The number of aromatic nitrogens is 1. The fourth-order valence-corrected chi connectivity index (χ4v) is 2.58. The van der Waals surface area contributed by atoms with Crippen molar-refractivity contribution in [3.8, 4) is 11.1 Å². The molecule has 0 bridgehead atoms. The van der Waals surface area contributed by atoms with Crippen molar-refractivity contribution < 1.29 is 4.79 Å². The average molecular weight is 334 g/mol. The Morgan fingerprint density at radius 1 is 1.22 bits per heavy atom. The van der Waals surface area contributed by atoms with Crippen LogP contribution in [0.25, 0.3) is 11.1 Å². The largest absolute Gasteiger partial charge is 0.351 e. The summed E-state index contributed by atoms with van der Waals surface area (Å²) in [6, 6.07) is 9.60. The van der Waals surface area contributed by atoms with Crippen molar-refractivity contribution in [2.24, 2.45) is 0 Å². The summed E-state index contributed by atoms with van der Waals surface area (Å²) in [5.41, 5.74) is 2.78. The first-order valence-electron chi connectivity index (χ1n) is 7.90. The fraction of sp³-hybridized carbons (Fsp3) is 0.389. The van der Waals surface area contributed by atoms with E-state index in [1.54, 1.807) is 0 Å². The van der Waals surface area contributed by atoms with E-state index >= 15 is 0 Å². The third-order valence-corrected chi connectivity index (χ3v) is 3.97. The van der Waals surface area contributed by atoms with Crippen molar-refractivity contribution >= 4 is 17.5 Å². The number of nitrogens with zero attached hydrogens (tertiary/aromatic N) is 2. The van der Waals surface area contributed by atoms with Crippen LogP contribution in [-0.2, 0) is 6.54 Å². The van der Waals surface area contributed by atoms with Gasteiger partial charge in [-0.3, -0.25) is 4.79 Å². The van der Waals surface area contributed by atoms with E-state index in [1.165, 1.54) is 0 Å². The number of nitrogens with one attached hydrogen (secondary N) is 1. The van der Waals surface area contributed by atoms with Crippen molar-refractivity contribution in [2.75, 3.05) is 27.2 Å². The number of halogens is 1. The zero-order valence-electron chi connectivity index (χ0n) is 14.0. The second kappa shape index (κ2) is 8.18. The van der Waals surface area contributed by atoms with Gasteiger partial charge < -0.3 is 14.8 Å². The molecule has 1 N–H and O–H groups in total. The smallest absolute Gasteiger partial charge is 0.267 e. The van der Waals surface area contributed by atoms with Crippen molar-refractivity contribution in [1.29, 1.82) is 0 Å². The second-order valence-corrected chi connectivity index (χ2v) is 6.26. The van der Waals surface area contributed by atoms with E-state index in [0.717, 1.165) is 30.6 Å². The average Bonchev–Trinajstić information content (AvgIpc) is 2.96. The first-order chi connectivity index (χ1) is 11.0. The van der Waals surface area contributed by atoms with E-state index in [2.05, 4.69) is 10.2 Å². The Kier molecular flexibility index (Phi) is 6.25. The standard InChI is InChI=1S/C18H24ClN3O/c1-4-22-13-15(14-6-8-16(19)9-7-14)12-17(22)18(23)20-10-5-11-21(2)3/h6-9,12-13H,4-5,10-11H2,1-3H3,(H,20,23). The van der Waals surface area contributed by atoms with E-state index in [-0.39, 0.29) is 5.91 Å². The maximum Gasteiger partial charge on any atom is 0.267 e. The summed E-state index contributed by atoms with van der Waals surface area (Å²) in [6.45, 7) is 4.44. The van der Waals surface area contributed by atoms with Crippen LogP contribution in [0.4, 0.5) is 0 Å². The predicted octanol–water partition coefficient (Wildman–Crippen LogP) is 3.51. The molecule has 0 radical (unpaired) electrons. The second-order valence-electron chi connectivity index (χ2n) is 5.82. The van der Waals surface area contributed by atoms with Gasteiger partial charge >= 0.3 is 0 Å². The van der Waals surface area contributed by atoms with E-state index in [1.807, 2.05) is 62.1 Å². The molecule has 1 amide bonds. The van der Waals surface area contributed by atoms with E-state index in [4.69, 9.17) is 11.6 Å². The SMILES string of the molecule is CCn1cc(-c2ccc(Cl)cc2)cc1C(=O)NCCCN(C)C. The van der Waals surface area contributed by atoms with Crippen molar-refractivity contribution in [2.45, 2.75) is 19.9 Å². The lowest BCUT2D eigenvalue weighted by molar-refractivity contribution is 0.0943. The van der Waals surface area contributed by atoms with Crippen LogP contribution in [-0.4, -0.2) is 42.6 Å². The Morgan fingerprint density at radius 3 is 2.52 bits per heavy atom. The molecule has 0 saturated carbocycles. The highest BCUT2D eigenvalue weighted by Gasteiger charge is 2.13. The monoisotopic (exact) mass is 333 g/mol. The highest BCUT2D eigenvalue weighted by molar-refractivity contribution is 6.30. The van der Waals surface area contributed by atoms with Crippen LogP contribution in [0, 0.1) is 0 Å². The lowest BCUT2D eigenvalue weighted by Crippen LogP contribution is -2.28. The van der Waals surface area contributed by atoms with Gasteiger partial charge in [0.05, 0.1) is 0 Å². The molecule has 1 aromatic carbocycles. The molecular weight excluding hydrogens is 310 g/mol. The minimum absolute atomic E-state index is 0.0224. The molecule has 4 nitrogen and oxygen atoms in total. The molecule has 1 heterocycles. The summed E-state index contributed by atoms with van der Waals surface area (Å²) in [5.74, 6) is -0.0224. The van der Waals surface area contributed by atoms with Crippen LogP contribution in [0.3, 0.4) is 0 Å². The van der Waals surface area contributed by atoms with Crippen molar-refractivity contribution in [1.82, 2.24) is 14.8 Å². The Bertz CT molecular complexity index is 647. The third-order valence-electron chi connectivity index (χ3n) is 3.72. The zero-order chi connectivity index (χ0) is 16.8. The maximum absolute atomic E-state index is 12.4. The summed E-state index contributed by atoms with van der Waals surface area (Å²) in [4.78, 5) is 14.5. The Labute approximate surface area is 143 Å². The Hall–Kier alpha value is -1.78. The first-order valence-corrected chi connectivity index (χ1v) is 8.28. The van der Waals surface area contributed by atoms with Gasteiger partial charge in [-0.15, -0.1) is 0 Å². The number of carbonyl (C=O) groups is 1. The molecule has 0 saturated heterocycles. The van der Waals surface area contributed by atoms with E-state index in [9.17, 15) is 4.79 Å².